The highest BCUT2D eigenvalue weighted by Gasteiger charge is 2.12. The second-order valence-electron chi connectivity index (χ2n) is 2.69. The standard InChI is InChI=1S/C7H12FNO/c8-7(10)6-9-4-2-1-3-5-9/h1-6H2. The minimum Gasteiger partial charge on any atom is -0.294 e. The van der Waals surface area contributed by atoms with Gasteiger partial charge in [0.1, 0.15) is 0 Å². The van der Waals surface area contributed by atoms with Crippen LogP contribution in [0.5, 0.6) is 0 Å². The summed E-state index contributed by atoms with van der Waals surface area (Å²) in [5, 5.41) is 0. The van der Waals surface area contributed by atoms with Crippen molar-refractivity contribution >= 4 is 6.04 Å². The average molecular weight is 145 g/mol. The van der Waals surface area contributed by atoms with Crippen molar-refractivity contribution in [2.24, 2.45) is 0 Å². The van der Waals surface area contributed by atoms with E-state index in [2.05, 4.69) is 0 Å². The molecule has 0 bridgehead atoms. The highest BCUT2D eigenvalue weighted by atomic mass is 19.1. The Morgan fingerprint density at radius 3 is 2.40 bits per heavy atom. The number of halogens is 1. The van der Waals surface area contributed by atoms with Gasteiger partial charge in [-0.1, -0.05) is 6.42 Å². The SMILES string of the molecule is O=C(F)CN1CCCCC1. The van der Waals surface area contributed by atoms with E-state index in [0.717, 1.165) is 25.9 Å². The summed E-state index contributed by atoms with van der Waals surface area (Å²) in [6.45, 7) is 1.77. The first-order valence-electron chi connectivity index (χ1n) is 3.70. The Bertz CT molecular complexity index is 121. The van der Waals surface area contributed by atoms with E-state index in [1.54, 1.807) is 0 Å². The van der Waals surface area contributed by atoms with Gasteiger partial charge in [0, 0.05) is 0 Å². The molecule has 0 atom stereocenters. The topological polar surface area (TPSA) is 20.3 Å². The van der Waals surface area contributed by atoms with E-state index in [1.165, 1.54) is 6.42 Å². The molecule has 1 aliphatic rings. The van der Waals surface area contributed by atoms with Crippen molar-refractivity contribution in [3.05, 3.63) is 0 Å². The van der Waals surface area contributed by atoms with Crippen LogP contribution in [0.15, 0.2) is 0 Å². The van der Waals surface area contributed by atoms with E-state index in [4.69, 9.17) is 0 Å². The third-order valence-electron chi connectivity index (χ3n) is 1.80. The maximum Gasteiger partial charge on any atom is 0.315 e. The first-order chi connectivity index (χ1) is 4.79. The van der Waals surface area contributed by atoms with Gasteiger partial charge in [-0.05, 0) is 25.9 Å². The van der Waals surface area contributed by atoms with Crippen LogP contribution in [0.4, 0.5) is 4.39 Å². The molecule has 0 N–H and O–H groups in total. The van der Waals surface area contributed by atoms with Crippen LogP contribution in [0, 0.1) is 0 Å². The molecule has 0 aromatic carbocycles. The zero-order chi connectivity index (χ0) is 7.40. The maximum absolute atomic E-state index is 11.8. The van der Waals surface area contributed by atoms with Gasteiger partial charge in [-0.3, -0.25) is 9.69 Å². The summed E-state index contributed by atoms with van der Waals surface area (Å²) in [5.74, 6) is 0. The minimum atomic E-state index is -1.21. The summed E-state index contributed by atoms with van der Waals surface area (Å²) in [5.41, 5.74) is 0. The molecule has 10 heavy (non-hydrogen) atoms. The molecule has 0 unspecified atom stereocenters. The zero-order valence-corrected chi connectivity index (χ0v) is 5.98. The van der Waals surface area contributed by atoms with Crippen LogP contribution < -0.4 is 0 Å². The molecule has 2 nitrogen and oxygen atoms in total. The summed E-state index contributed by atoms with van der Waals surface area (Å²) in [7, 11) is 0. The molecular formula is C7H12FNO. The molecule has 3 heteroatoms. The van der Waals surface area contributed by atoms with Gasteiger partial charge >= 0.3 is 6.04 Å². The zero-order valence-electron chi connectivity index (χ0n) is 5.98. The van der Waals surface area contributed by atoms with Gasteiger partial charge in [-0.15, -0.1) is 0 Å². The first kappa shape index (κ1) is 7.66. The predicted molar refractivity (Wildman–Crippen MR) is 36.4 cm³/mol. The van der Waals surface area contributed by atoms with E-state index >= 15 is 0 Å². The number of carbonyl (C=O) groups excluding carboxylic acids is 1. The Balaban J connectivity index is 2.19. The first-order valence-corrected chi connectivity index (χ1v) is 3.70. The number of rotatable bonds is 2. The van der Waals surface area contributed by atoms with Crippen LogP contribution in [0.2, 0.25) is 0 Å². The minimum absolute atomic E-state index is 0. The second-order valence-corrected chi connectivity index (χ2v) is 2.69. The molecule has 1 aliphatic heterocycles. The number of hydrogen-bond donors (Lipinski definition) is 0. The lowest BCUT2D eigenvalue weighted by molar-refractivity contribution is -0.130. The lowest BCUT2D eigenvalue weighted by atomic mass is 10.1. The van der Waals surface area contributed by atoms with Gasteiger partial charge in [0.2, 0.25) is 0 Å². The van der Waals surface area contributed by atoms with Crippen LogP contribution in [0.25, 0.3) is 0 Å². The molecule has 1 heterocycles. The molecule has 0 radical (unpaired) electrons. The van der Waals surface area contributed by atoms with Crippen LogP contribution in [-0.4, -0.2) is 30.6 Å². The molecule has 0 spiro atoms. The Hall–Kier alpha value is -0.440. The fraction of sp³-hybridized carbons (Fsp3) is 0.857. The summed E-state index contributed by atoms with van der Waals surface area (Å²) < 4.78 is 11.8. The molecule has 0 saturated carbocycles. The third kappa shape index (κ3) is 2.43. The fourth-order valence-corrected chi connectivity index (χ4v) is 1.29. The lowest BCUT2D eigenvalue weighted by Crippen LogP contribution is -2.33. The number of likely N-dealkylation sites (tertiary alicyclic amines) is 1. The van der Waals surface area contributed by atoms with Crippen LogP contribution in [0.3, 0.4) is 0 Å². The summed E-state index contributed by atoms with van der Waals surface area (Å²) in [6.07, 6.45) is 3.43. The molecule has 0 aromatic rings. The molecule has 0 aliphatic carbocycles. The van der Waals surface area contributed by atoms with Crippen molar-refractivity contribution < 1.29 is 9.18 Å². The molecule has 0 aromatic heterocycles. The van der Waals surface area contributed by atoms with Gasteiger partial charge in [0.15, 0.2) is 0 Å². The van der Waals surface area contributed by atoms with Gasteiger partial charge in [-0.25, -0.2) is 0 Å². The smallest absolute Gasteiger partial charge is 0.294 e. The molecule has 58 valence electrons. The monoisotopic (exact) mass is 145 g/mol. The second kappa shape index (κ2) is 3.66. The van der Waals surface area contributed by atoms with Crippen molar-refractivity contribution in [1.82, 2.24) is 4.90 Å². The van der Waals surface area contributed by atoms with Gasteiger partial charge in [-0.2, -0.15) is 4.39 Å². The van der Waals surface area contributed by atoms with E-state index < -0.39 is 6.04 Å². The van der Waals surface area contributed by atoms with E-state index in [1.807, 2.05) is 4.90 Å². The van der Waals surface area contributed by atoms with E-state index in [9.17, 15) is 9.18 Å². The molecular weight excluding hydrogens is 133 g/mol. The van der Waals surface area contributed by atoms with E-state index in [-0.39, 0.29) is 6.54 Å². The van der Waals surface area contributed by atoms with Crippen molar-refractivity contribution in [3.8, 4) is 0 Å². The average Bonchev–Trinajstić information content (AvgIpc) is 1.88. The van der Waals surface area contributed by atoms with Gasteiger partial charge in [0.05, 0.1) is 6.54 Å². The van der Waals surface area contributed by atoms with Crippen LogP contribution >= 0.6 is 0 Å². The number of carbonyl (C=O) groups is 1. The number of hydrogen-bond acceptors (Lipinski definition) is 2. The summed E-state index contributed by atoms with van der Waals surface area (Å²) in [4.78, 5) is 11.9. The Kier molecular flexibility index (Phi) is 2.81. The summed E-state index contributed by atoms with van der Waals surface area (Å²) in [6, 6.07) is -1.21. The highest BCUT2D eigenvalue weighted by molar-refractivity contribution is 5.70. The molecule has 0 amide bonds. The summed E-state index contributed by atoms with van der Waals surface area (Å²) >= 11 is 0. The molecule has 1 rings (SSSR count). The quantitative estimate of drug-likeness (QED) is 0.539. The molecule has 1 saturated heterocycles. The van der Waals surface area contributed by atoms with Gasteiger partial charge < -0.3 is 0 Å². The maximum atomic E-state index is 11.8. The predicted octanol–water partition coefficient (Wildman–Crippen LogP) is 0.968. The third-order valence-corrected chi connectivity index (χ3v) is 1.80. The normalized spacial score (nSPS) is 20.9. The Morgan fingerprint density at radius 1 is 1.30 bits per heavy atom. The van der Waals surface area contributed by atoms with Crippen molar-refractivity contribution in [2.45, 2.75) is 19.3 Å². The largest absolute Gasteiger partial charge is 0.315 e. The Labute approximate surface area is 60.0 Å². The van der Waals surface area contributed by atoms with Crippen molar-refractivity contribution in [2.75, 3.05) is 19.6 Å². The number of nitrogens with zero attached hydrogens (tertiary/aromatic N) is 1. The van der Waals surface area contributed by atoms with E-state index in [0.29, 0.717) is 0 Å². The van der Waals surface area contributed by atoms with Crippen LogP contribution in [0.1, 0.15) is 19.3 Å². The fourth-order valence-electron chi connectivity index (χ4n) is 1.29. The Morgan fingerprint density at radius 2 is 1.90 bits per heavy atom. The molecule has 1 fully saturated rings. The highest BCUT2D eigenvalue weighted by Crippen LogP contribution is 2.07. The number of piperidine rings is 1. The van der Waals surface area contributed by atoms with Gasteiger partial charge in [0.25, 0.3) is 0 Å². The lowest BCUT2D eigenvalue weighted by Gasteiger charge is -2.23. The van der Waals surface area contributed by atoms with Crippen LogP contribution in [-0.2, 0) is 4.79 Å². The van der Waals surface area contributed by atoms with Crippen molar-refractivity contribution in [1.29, 1.82) is 0 Å². The van der Waals surface area contributed by atoms with Crippen molar-refractivity contribution in [3.63, 3.8) is 0 Å².